The van der Waals surface area contributed by atoms with Gasteiger partial charge in [-0.3, -0.25) is 9.10 Å². The molecule has 0 saturated carbocycles. The van der Waals surface area contributed by atoms with Crippen LogP contribution in [0.2, 0.25) is 0 Å². The summed E-state index contributed by atoms with van der Waals surface area (Å²) in [6.45, 7) is 2.04. The molecule has 0 aliphatic carbocycles. The van der Waals surface area contributed by atoms with Crippen molar-refractivity contribution in [2.24, 2.45) is 0 Å². The van der Waals surface area contributed by atoms with Gasteiger partial charge in [0.05, 0.1) is 27.5 Å². The fourth-order valence-electron chi connectivity index (χ4n) is 2.79. The van der Waals surface area contributed by atoms with Crippen molar-refractivity contribution in [1.82, 2.24) is 4.98 Å². The largest absolute Gasteiger partial charge is 0.321 e. The lowest BCUT2D eigenvalue weighted by Gasteiger charge is -2.23. The Bertz CT molecular complexity index is 1090. The van der Waals surface area contributed by atoms with Crippen LogP contribution in [-0.2, 0) is 10.0 Å². The van der Waals surface area contributed by atoms with Gasteiger partial charge in [-0.25, -0.2) is 13.4 Å². The van der Waals surface area contributed by atoms with Gasteiger partial charge in [0, 0.05) is 12.1 Å². The average molecular weight is 428 g/mol. The van der Waals surface area contributed by atoms with E-state index in [2.05, 4.69) is 10.3 Å². The first-order valence-corrected chi connectivity index (χ1v) is 11.6. The lowest BCUT2D eigenvalue weighted by atomic mass is 10.2. The Morgan fingerprint density at radius 2 is 1.83 bits per heavy atom. The number of aromatic nitrogens is 1. The molecule has 3 rings (SSSR count). The van der Waals surface area contributed by atoms with Crippen LogP contribution in [0, 0.1) is 0 Å². The zero-order chi connectivity index (χ0) is 20.9. The monoisotopic (exact) mass is 427 g/mol. The SMILES string of the molecule is CCN(c1ccccc1)S(=O)(=O)c1cccc(C(=O)Nc2ccc(SC)nc2)c1. The zero-order valence-corrected chi connectivity index (χ0v) is 17.7. The molecular formula is C21H21N3O3S2. The number of pyridine rings is 1. The summed E-state index contributed by atoms with van der Waals surface area (Å²) in [6.07, 6.45) is 3.49. The van der Waals surface area contributed by atoms with Crippen molar-refractivity contribution in [1.29, 1.82) is 0 Å². The third-order valence-corrected chi connectivity index (χ3v) is 6.78. The van der Waals surface area contributed by atoms with Crippen LogP contribution in [0.25, 0.3) is 0 Å². The quantitative estimate of drug-likeness (QED) is 0.570. The summed E-state index contributed by atoms with van der Waals surface area (Å²) >= 11 is 1.51. The number of carbonyl (C=O) groups excluding carboxylic acids is 1. The van der Waals surface area contributed by atoms with Crippen LogP contribution in [0.4, 0.5) is 11.4 Å². The van der Waals surface area contributed by atoms with E-state index in [0.717, 1.165) is 5.03 Å². The molecule has 6 nitrogen and oxygen atoms in total. The van der Waals surface area contributed by atoms with Crippen molar-refractivity contribution in [3.63, 3.8) is 0 Å². The van der Waals surface area contributed by atoms with Crippen LogP contribution in [0.3, 0.4) is 0 Å². The summed E-state index contributed by atoms with van der Waals surface area (Å²) < 4.78 is 27.6. The second-order valence-electron chi connectivity index (χ2n) is 6.08. The highest BCUT2D eigenvalue weighted by atomic mass is 32.2. The summed E-state index contributed by atoms with van der Waals surface area (Å²) in [5, 5.41) is 3.59. The third kappa shape index (κ3) is 4.78. The Morgan fingerprint density at radius 3 is 2.45 bits per heavy atom. The molecular weight excluding hydrogens is 406 g/mol. The molecule has 8 heteroatoms. The lowest BCUT2D eigenvalue weighted by Crippen LogP contribution is -2.30. The smallest absolute Gasteiger partial charge is 0.264 e. The van der Waals surface area contributed by atoms with E-state index in [1.807, 2.05) is 12.3 Å². The molecule has 3 aromatic rings. The second-order valence-corrected chi connectivity index (χ2v) is 8.77. The minimum Gasteiger partial charge on any atom is -0.321 e. The van der Waals surface area contributed by atoms with Gasteiger partial charge in [-0.2, -0.15) is 0 Å². The molecule has 0 aliphatic rings. The van der Waals surface area contributed by atoms with Gasteiger partial charge in [0.2, 0.25) is 0 Å². The van der Waals surface area contributed by atoms with Gasteiger partial charge in [-0.15, -0.1) is 11.8 Å². The van der Waals surface area contributed by atoms with Crippen LogP contribution in [-0.4, -0.2) is 32.1 Å². The zero-order valence-electron chi connectivity index (χ0n) is 16.1. The molecule has 0 spiro atoms. The molecule has 0 bridgehead atoms. The molecule has 1 heterocycles. The molecule has 1 aromatic heterocycles. The van der Waals surface area contributed by atoms with Crippen molar-refractivity contribution >= 4 is 39.1 Å². The maximum atomic E-state index is 13.1. The van der Waals surface area contributed by atoms with Gasteiger partial charge in [0.25, 0.3) is 15.9 Å². The molecule has 150 valence electrons. The normalized spacial score (nSPS) is 11.1. The van der Waals surface area contributed by atoms with Crippen LogP contribution in [0.5, 0.6) is 0 Å². The number of rotatable bonds is 7. The van der Waals surface area contributed by atoms with Gasteiger partial charge in [-0.05, 0) is 55.6 Å². The van der Waals surface area contributed by atoms with E-state index in [1.165, 1.54) is 28.2 Å². The van der Waals surface area contributed by atoms with Crippen molar-refractivity contribution in [2.45, 2.75) is 16.8 Å². The topological polar surface area (TPSA) is 79.4 Å². The predicted octanol–water partition coefficient (Wildman–Crippen LogP) is 4.27. The predicted molar refractivity (Wildman–Crippen MR) is 117 cm³/mol. The highest BCUT2D eigenvalue weighted by Gasteiger charge is 2.24. The summed E-state index contributed by atoms with van der Waals surface area (Å²) in [5.74, 6) is -0.400. The van der Waals surface area contributed by atoms with Crippen LogP contribution in [0.15, 0.2) is 82.8 Å². The number of benzene rings is 2. The average Bonchev–Trinajstić information content (AvgIpc) is 2.75. The maximum Gasteiger partial charge on any atom is 0.264 e. The minimum absolute atomic E-state index is 0.0618. The summed E-state index contributed by atoms with van der Waals surface area (Å²) in [5.41, 5.74) is 1.37. The second kappa shape index (κ2) is 9.11. The van der Waals surface area contributed by atoms with E-state index in [9.17, 15) is 13.2 Å². The number of nitrogens with one attached hydrogen (secondary N) is 1. The summed E-state index contributed by atoms with van der Waals surface area (Å²) in [4.78, 5) is 16.9. The minimum atomic E-state index is -3.80. The Kier molecular flexibility index (Phi) is 6.56. The van der Waals surface area contributed by atoms with E-state index in [1.54, 1.807) is 61.7 Å². The Balaban J connectivity index is 1.86. The Morgan fingerprint density at radius 1 is 1.07 bits per heavy atom. The van der Waals surface area contributed by atoms with Crippen molar-refractivity contribution in [3.05, 3.63) is 78.5 Å². The first kappa shape index (κ1) is 20.9. The molecule has 1 N–H and O–H groups in total. The number of nitrogens with zero attached hydrogens (tertiary/aromatic N) is 2. The van der Waals surface area contributed by atoms with Crippen molar-refractivity contribution in [3.8, 4) is 0 Å². The molecule has 0 radical (unpaired) electrons. The van der Waals surface area contributed by atoms with Crippen molar-refractivity contribution < 1.29 is 13.2 Å². The van der Waals surface area contributed by atoms with Crippen LogP contribution >= 0.6 is 11.8 Å². The van der Waals surface area contributed by atoms with Crippen LogP contribution < -0.4 is 9.62 Å². The number of anilines is 2. The van der Waals surface area contributed by atoms with Gasteiger partial charge in [-0.1, -0.05) is 24.3 Å². The van der Waals surface area contributed by atoms with Crippen molar-refractivity contribution in [2.75, 3.05) is 22.4 Å². The van der Waals surface area contributed by atoms with Crippen LogP contribution in [0.1, 0.15) is 17.3 Å². The first-order chi connectivity index (χ1) is 14.0. The maximum absolute atomic E-state index is 13.1. The number of thioether (sulfide) groups is 1. The van der Waals surface area contributed by atoms with E-state index in [-0.39, 0.29) is 17.0 Å². The van der Waals surface area contributed by atoms with Gasteiger partial charge in [0.15, 0.2) is 0 Å². The molecule has 0 saturated heterocycles. The van der Waals surface area contributed by atoms with E-state index in [4.69, 9.17) is 0 Å². The standard InChI is InChI=1S/C21H21N3O3S2/c1-3-24(18-9-5-4-6-10-18)29(26,27)19-11-7-8-16(14-19)21(25)23-17-12-13-20(28-2)22-15-17/h4-15H,3H2,1-2H3,(H,23,25). The number of amides is 1. The summed E-state index contributed by atoms with van der Waals surface area (Å²) in [7, 11) is -3.80. The number of hydrogen-bond donors (Lipinski definition) is 1. The van der Waals surface area contributed by atoms with E-state index < -0.39 is 15.9 Å². The number of sulfonamides is 1. The molecule has 29 heavy (non-hydrogen) atoms. The van der Waals surface area contributed by atoms with Gasteiger partial charge < -0.3 is 5.32 Å². The molecule has 0 aliphatic heterocycles. The molecule has 0 unspecified atom stereocenters. The highest BCUT2D eigenvalue weighted by Crippen LogP contribution is 2.24. The number of carbonyl (C=O) groups is 1. The fourth-order valence-corrected chi connectivity index (χ4v) is 4.67. The van der Waals surface area contributed by atoms with Gasteiger partial charge in [0.1, 0.15) is 0 Å². The van der Waals surface area contributed by atoms with E-state index >= 15 is 0 Å². The highest BCUT2D eigenvalue weighted by molar-refractivity contribution is 7.98. The fraction of sp³-hybridized carbons (Fsp3) is 0.143. The summed E-state index contributed by atoms with van der Waals surface area (Å²) in [6, 6.07) is 18.5. The molecule has 0 fully saturated rings. The van der Waals surface area contributed by atoms with Gasteiger partial charge >= 0.3 is 0 Å². The Labute approximate surface area is 175 Å². The number of hydrogen-bond acceptors (Lipinski definition) is 5. The third-order valence-electron chi connectivity index (χ3n) is 4.22. The molecule has 0 atom stereocenters. The lowest BCUT2D eigenvalue weighted by molar-refractivity contribution is 0.102. The molecule has 1 amide bonds. The molecule has 2 aromatic carbocycles. The Hall–Kier alpha value is -2.84. The number of para-hydroxylation sites is 1. The first-order valence-electron chi connectivity index (χ1n) is 8.95. The van der Waals surface area contributed by atoms with E-state index in [0.29, 0.717) is 11.4 Å².